The van der Waals surface area contributed by atoms with Crippen molar-refractivity contribution in [3.63, 3.8) is 0 Å². The monoisotopic (exact) mass is 314 g/mol. The molecule has 0 fully saturated rings. The van der Waals surface area contributed by atoms with Crippen LogP contribution in [0.4, 0.5) is 0 Å². The number of rotatable bonds is 8. The average Bonchev–Trinajstić information content (AvgIpc) is 2.55. The van der Waals surface area contributed by atoms with Crippen molar-refractivity contribution in [2.75, 3.05) is 13.7 Å². The molecular formula is C20H26O3. The molecule has 0 aliphatic heterocycles. The Bertz CT molecular complexity index is 605. The maximum atomic E-state index is 10.5. The zero-order valence-electron chi connectivity index (χ0n) is 14.2. The van der Waals surface area contributed by atoms with Gasteiger partial charge in [0.05, 0.1) is 6.10 Å². The second kappa shape index (κ2) is 8.70. The van der Waals surface area contributed by atoms with Gasteiger partial charge < -0.3 is 14.6 Å². The fourth-order valence-corrected chi connectivity index (χ4v) is 2.49. The highest BCUT2D eigenvalue weighted by atomic mass is 16.5. The number of aliphatic hydroxyl groups is 1. The van der Waals surface area contributed by atoms with E-state index in [1.165, 1.54) is 5.56 Å². The lowest BCUT2D eigenvalue weighted by Gasteiger charge is -2.17. The Morgan fingerprint density at radius 3 is 2.35 bits per heavy atom. The minimum atomic E-state index is -0.521. The Labute approximate surface area is 138 Å². The highest BCUT2D eigenvalue weighted by Crippen LogP contribution is 2.33. The topological polar surface area (TPSA) is 38.7 Å². The summed E-state index contributed by atoms with van der Waals surface area (Å²) in [4.78, 5) is 0. The van der Waals surface area contributed by atoms with Crippen molar-refractivity contribution in [2.24, 2.45) is 0 Å². The third kappa shape index (κ3) is 5.38. The van der Waals surface area contributed by atoms with Crippen LogP contribution in [0, 0.1) is 13.8 Å². The molecule has 1 N–H and O–H groups in total. The molecule has 2 rings (SSSR count). The van der Waals surface area contributed by atoms with E-state index in [2.05, 4.69) is 0 Å². The predicted molar refractivity (Wildman–Crippen MR) is 93.1 cm³/mol. The first-order valence-corrected chi connectivity index (χ1v) is 8.12. The highest BCUT2D eigenvalue weighted by molar-refractivity contribution is 5.42. The molecule has 1 unspecified atom stereocenters. The zero-order valence-corrected chi connectivity index (χ0v) is 14.2. The molecule has 0 aromatic heterocycles. The zero-order chi connectivity index (χ0) is 16.7. The summed E-state index contributed by atoms with van der Waals surface area (Å²) in [6.45, 7) is 4.80. The van der Waals surface area contributed by atoms with Crippen molar-refractivity contribution in [1.82, 2.24) is 0 Å². The number of aliphatic hydroxyl groups excluding tert-OH is 1. The van der Waals surface area contributed by atoms with Crippen LogP contribution in [0.3, 0.4) is 0 Å². The van der Waals surface area contributed by atoms with Crippen LogP contribution in [-0.4, -0.2) is 18.8 Å². The van der Waals surface area contributed by atoms with Gasteiger partial charge in [0.1, 0.15) is 11.5 Å². The van der Waals surface area contributed by atoms with Crippen LogP contribution in [0.15, 0.2) is 42.5 Å². The Kier molecular flexibility index (Phi) is 6.63. The summed E-state index contributed by atoms with van der Waals surface area (Å²) >= 11 is 0. The lowest BCUT2D eigenvalue weighted by molar-refractivity contribution is 0.148. The Morgan fingerprint density at radius 1 is 0.957 bits per heavy atom. The lowest BCUT2D eigenvalue weighted by Crippen LogP contribution is -2.02. The van der Waals surface area contributed by atoms with Gasteiger partial charge in [-0.05, 0) is 57.4 Å². The van der Waals surface area contributed by atoms with E-state index in [0.29, 0.717) is 6.42 Å². The first-order chi connectivity index (χ1) is 11.1. The molecule has 124 valence electrons. The van der Waals surface area contributed by atoms with Gasteiger partial charge in [0.25, 0.3) is 0 Å². The smallest absolute Gasteiger partial charge is 0.133 e. The molecule has 0 bridgehead atoms. The number of unbranched alkanes of at least 4 members (excludes halogenated alkanes) is 1. The van der Waals surface area contributed by atoms with E-state index in [4.69, 9.17) is 9.47 Å². The fraction of sp³-hybridized carbons (Fsp3) is 0.400. The summed E-state index contributed by atoms with van der Waals surface area (Å²) in [6.07, 6.45) is 2.06. The van der Waals surface area contributed by atoms with E-state index in [1.54, 1.807) is 7.11 Å². The quantitative estimate of drug-likeness (QED) is 0.701. The van der Waals surface area contributed by atoms with Gasteiger partial charge >= 0.3 is 0 Å². The number of hydrogen-bond acceptors (Lipinski definition) is 3. The average molecular weight is 314 g/mol. The van der Waals surface area contributed by atoms with Gasteiger partial charge in [-0.3, -0.25) is 0 Å². The number of ether oxygens (including phenoxy) is 2. The standard InChI is InChI=1S/C20H26O3/c1-15-7-10-17(11-8-15)23-20-12-9-16(2)14-18(20)19(21)6-4-5-13-22-3/h7-12,14,19,21H,4-6,13H2,1-3H3. The van der Waals surface area contributed by atoms with Crippen LogP contribution < -0.4 is 4.74 Å². The molecule has 0 heterocycles. The first-order valence-electron chi connectivity index (χ1n) is 8.12. The molecular weight excluding hydrogens is 288 g/mol. The minimum absolute atomic E-state index is 0.521. The molecule has 3 nitrogen and oxygen atoms in total. The van der Waals surface area contributed by atoms with Crippen molar-refractivity contribution in [2.45, 2.75) is 39.2 Å². The highest BCUT2D eigenvalue weighted by Gasteiger charge is 2.14. The summed E-state index contributed by atoms with van der Waals surface area (Å²) < 4.78 is 11.0. The molecule has 0 spiro atoms. The van der Waals surface area contributed by atoms with E-state index in [-0.39, 0.29) is 0 Å². The number of methoxy groups -OCH3 is 1. The third-order valence-corrected chi connectivity index (χ3v) is 3.85. The summed E-state index contributed by atoms with van der Waals surface area (Å²) in [6, 6.07) is 13.9. The molecule has 23 heavy (non-hydrogen) atoms. The van der Waals surface area contributed by atoms with Crippen molar-refractivity contribution < 1.29 is 14.6 Å². The predicted octanol–water partition coefficient (Wildman–Crippen LogP) is 4.95. The number of benzene rings is 2. The van der Waals surface area contributed by atoms with Gasteiger partial charge in [0.15, 0.2) is 0 Å². The van der Waals surface area contributed by atoms with E-state index in [1.807, 2.05) is 56.3 Å². The largest absolute Gasteiger partial charge is 0.457 e. The van der Waals surface area contributed by atoms with Crippen LogP contribution >= 0.6 is 0 Å². The van der Waals surface area contributed by atoms with Crippen molar-refractivity contribution >= 4 is 0 Å². The molecule has 3 heteroatoms. The van der Waals surface area contributed by atoms with Gasteiger partial charge in [-0.1, -0.05) is 29.3 Å². The summed E-state index contributed by atoms with van der Waals surface area (Å²) in [5, 5.41) is 10.5. The maximum Gasteiger partial charge on any atom is 0.133 e. The molecule has 0 saturated carbocycles. The molecule has 0 radical (unpaired) electrons. The van der Waals surface area contributed by atoms with Crippen molar-refractivity contribution in [3.8, 4) is 11.5 Å². The van der Waals surface area contributed by atoms with Gasteiger partial charge in [0, 0.05) is 19.3 Å². The second-order valence-electron chi connectivity index (χ2n) is 5.96. The van der Waals surface area contributed by atoms with Gasteiger partial charge in [-0.25, -0.2) is 0 Å². The molecule has 0 amide bonds. The summed E-state index contributed by atoms with van der Waals surface area (Å²) in [5.74, 6) is 1.51. The molecule has 1 atom stereocenters. The SMILES string of the molecule is COCCCCC(O)c1cc(C)ccc1Oc1ccc(C)cc1. The number of aryl methyl sites for hydroxylation is 2. The molecule has 2 aromatic rings. The van der Waals surface area contributed by atoms with Gasteiger partial charge in [-0.2, -0.15) is 0 Å². The summed E-state index contributed by atoms with van der Waals surface area (Å²) in [5.41, 5.74) is 3.16. The summed E-state index contributed by atoms with van der Waals surface area (Å²) in [7, 11) is 1.70. The van der Waals surface area contributed by atoms with Crippen LogP contribution in [0.5, 0.6) is 11.5 Å². The molecule has 0 aliphatic rings. The van der Waals surface area contributed by atoms with Crippen molar-refractivity contribution in [3.05, 3.63) is 59.2 Å². The van der Waals surface area contributed by atoms with E-state index < -0.39 is 6.10 Å². The molecule has 2 aromatic carbocycles. The second-order valence-corrected chi connectivity index (χ2v) is 5.96. The maximum absolute atomic E-state index is 10.5. The lowest BCUT2D eigenvalue weighted by atomic mass is 10.0. The first kappa shape index (κ1) is 17.5. The van der Waals surface area contributed by atoms with E-state index in [9.17, 15) is 5.11 Å². The van der Waals surface area contributed by atoms with Crippen molar-refractivity contribution in [1.29, 1.82) is 0 Å². The molecule has 0 saturated heterocycles. The Hall–Kier alpha value is -1.84. The Balaban J connectivity index is 2.11. The van der Waals surface area contributed by atoms with Gasteiger partial charge in [0.2, 0.25) is 0 Å². The number of hydrogen-bond donors (Lipinski definition) is 1. The van der Waals surface area contributed by atoms with Crippen LogP contribution in [0.2, 0.25) is 0 Å². The molecule has 0 aliphatic carbocycles. The fourth-order valence-electron chi connectivity index (χ4n) is 2.49. The van der Waals surface area contributed by atoms with E-state index in [0.717, 1.165) is 42.1 Å². The minimum Gasteiger partial charge on any atom is -0.457 e. The van der Waals surface area contributed by atoms with E-state index >= 15 is 0 Å². The Morgan fingerprint density at radius 2 is 1.65 bits per heavy atom. The van der Waals surface area contributed by atoms with Gasteiger partial charge in [-0.15, -0.1) is 0 Å². The van der Waals surface area contributed by atoms with Crippen LogP contribution in [-0.2, 0) is 4.74 Å². The normalized spacial score (nSPS) is 12.2. The van der Waals surface area contributed by atoms with Crippen LogP contribution in [0.1, 0.15) is 42.1 Å². The van der Waals surface area contributed by atoms with Crippen LogP contribution in [0.25, 0.3) is 0 Å². The third-order valence-electron chi connectivity index (χ3n) is 3.85.